The van der Waals surface area contributed by atoms with Gasteiger partial charge in [-0.25, -0.2) is 4.79 Å². The second kappa shape index (κ2) is 6.37. The number of carbonyl (C=O) groups is 1. The molecule has 4 nitrogen and oxygen atoms in total. The van der Waals surface area contributed by atoms with Gasteiger partial charge in [-0.1, -0.05) is 17.7 Å². The normalized spacial score (nSPS) is 16.8. The number of halogens is 1. The summed E-state index contributed by atoms with van der Waals surface area (Å²) in [5, 5.41) is 9.42. The van der Waals surface area contributed by atoms with Crippen molar-refractivity contribution in [3.05, 3.63) is 34.3 Å². The summed E-state index contributed by atoms with van der Waals surface area (Å²) >= 11 is 6.14. The highest BCUT2D eigenvalue weighted by Crippen LogP contribution is 2.22. The maximum atomic E-state index is 10.9. The quantitative estimate of drug-likeness (QED) is 0.923. The first-order valence-electron chi connectivity index (χ1n) is 6.37. The molecule has 0 atom stereocenters. The Morgan fingerprint density at radius 2 is 2.16 bits per heavy atom. The monoisotopic (exact) mass is 283 g/mol. The van der Waals surface area contributed by atoms with Crippen molar-refractivity contribution in [2.45, 2.75) is 25.4 Å². The van der Waals surface area contributed by atoms with E-state index in [4.69, 9.17) is 21.4 Å². The molecule has 0 unspecified atom stereocenters. The topological polar surface area (TPSA) is 49.8 Å². The van der Waals surface area contributed by atoms with Gasteiger partial charge in [0.25, 0.3) is 0 Å². The summed E-state index contributed by atoms with van der Waals surface area (Å²) in [6.45, 7) is 2.34. The Morgan fingerprint density at radius 3 is 2.74 bits per heavy atom. The van der Waals surface area contributed by atoms with Crippen LogP contribution in [0.25, 0.3) is 0 Å². The van der Waals surface area contributed by atoms with Crippen molar-refractivity contribution in [3.63, 3.8) is 0 Å². The molecule has 0 bridgehead atoms. The van der Waals surface area contributed by atoms with E-state index >= 15 is 0 Å². The maximum Gasteiger partial charge on any atom is 0.335 e. The Labute approximate surface area is 117 Å². The Kier molecular flexibility index (Phi) is 4.80. The van der Waals surface area contributed by atoms with Gasteiger partial charge in [-0.3, -0.25) is 4.90 Å². The van der Waals surface area contributed by atoms with Gasteiger partial charge in [-0.15, -0.1) is 0 Å². The molecule has 0 saturated carbocycles. The van der Waals surface area contributed by atoms with Gasteiger partial charge in [-0.2, -0.15) is 0 Å². The third-order valence-corrected chi connectivity index (χ3v) is 3.89. The van der Waals surface area contributed by atoms with Crippen molar-refractivity contribution in [1.82, 2.24) is 4.90 Å². The fourth-order valence-electron chi connectivity index (χ4n) is 2.33. The van der Waals surface area contributed by atoms with Crippen LogP contribution in [-0.2, 0) is 11.3 Å². The average Bonchev–Trinajstić information content (AvgIpc) is 2.41. The number of hydrogen-bond donors (Lipinski definition) is 1. The molecule has 0 amide bonds. The predicted octanol–water partition coefficient (Wildman–Crippen LogP) is 2.65. The molecule has 2 rings (SSSR count). The Morgan fingerprint density at radius 1 is 1.47 bits per heavy atom. The number of benzene rings is 1. The van der Waals surface area contributed by atoms with Crippen molar-refractivity contribution >= 4 is 17.6 Å². The molecule has 0 aromatic heterocycles. The SMILES string of the molecule is CN(Cc1ccc(C(=O)O)cc1Cl)C1CCOCC1. The summed E-state index contributed by atoms with van der Waals surface area (Å²) in [4.78, 5) is 13.1. The van der Waals surface area contributed by atoms with E-state index in [9.17, 15) is 4.79 Å². The summed E-state index contributed by atoms with van der Waals surface area (Å²) in [5.74, 6) is -0.953. The van der Waals surface area contributed by atoms with Crippen LogP contribution in [0.1, 0.15) is 28.8 Å². The van der Waals surface area contributed by atoms with Crippen LogP contribution in [0, 0.1) is 0 Å². The lowest BCUT2D eigenvalue weighted by molar-refractivity contribution is 0.0407. The third-order valence-electron chi connectivity index (χ3n) is 3.53. The number of nitrogens with zero attached hydrogens (tertiary/aromatic N) is 1. The second-order valence-corrected chi connectivity index (χ2v) is 5.28. The highest BCUT2D eigenvalue weighted by atomic mass is 35.5. The molecule has 0 spiro atoms. The number of ether oxygens (including phenoxy) is 1. The van der Waals surface area contributed by atoms with Crippen LogP contribution in [0.2, 0.25) is 5.02 Å². The summed E-state index contributed by atoms with van der Waals surface area (Å²) in [6.07, 6.45) is 2.06. The molecule has 1 N–H and O–H groups in total. The van der Waals surface area contributed by atoms with E-state index in [1.165, 1.54) is 6.07 Å². The molecule has 1 saturated heterocycles. The summed E-state index contributed by atoms with van der Waals surface area (Å²) < 4.78 is 5.35. The summed E-state index contributed by atoms with van der Waals surface area (Å²) in [6, 6.07) is 5.41. The minimum Gasteiger partial charge on any atom is -0.478 e. The van der Waals surface area contributed by atoms with Gasteiger partial charge >= 0.3 is 5.97 Å². The van der Waals surface area contributed by atoms with E-state index in [0.717, 1.165) is 38.2 Å². The summed E-state index contributed by atoms with van der Waals surface area (Å²) in [5.41, 5.74) is 1.18. The smallest absolute Gasteiger partial charge is 0.335 e. The molecule has 1 aliphatic rings. The lowest BCUT2D eigenvalue weighted by Gasteiger charge is -2.31. The first-order valence-corrected chi connectivity index (χ1v) is 6.75. The van der Waals surface area contributed by atoms with Crippen molar-refractivity contribution in [2.24, 2.45) is 0 Å². The fourth-order valence-corrected chi connectivity index (χ4v) is 2.57. The zero-order chi connectivity index (χ0) is 13.8. The minimum atomic E-state index is -0.953. The van der Waals surface area contributed by atoms with Crippen LogP contribution < -0.4 is 0 Å². The van der Waals surface area contributed by atoms with Gasteiger partial charge in [-0.05, 0) is 37.6 Å². The van der Waals surface area contributed by atoms with Gasteiger partial charge < -0.3 is 9.84 Å². The molecule has 104 valence electrons. The van der Waals surface area contributed by atoms with E-state index in [1.54, 1.807) is 12.1 Å². The molecule has 19 heavy (non-hydrogen) atoms. The predicted molar refractivity (Wildman–Crippen MR) is 73.7 cm³/mol. The van der Waals surface area contributed by atoms with E-state index in [1.807, 2.05) is 0 Å². The van der Waals surface area contributed by atoms with E-state index in [2.05, 4.69) is 11.9 Å². The Hall–Kier alpha value is -1.10. The van der Waals surface area contributed by atoms with Crippen LogP contribution in [0.4, 0.5) is 0 Å². The van der Waals surface area contributed by atoms with Crippen molar-refractivity contribution < 1.29 is 14.6 Å². The van der Waals surface area contributed by atoms with Gasteiger partial charge in [0.15, 0.2) is 0 Å². The number of carboxylic acid groups (broad SMARTS) is 1. The number of aromatic carboxylic acids is 1. The first kappa shape index (κ1) is 14.3. The maximum absolute atomic E-state index is 10.9. The molecule has 1 aliphatic heterocycles. The molecule has 1 fully saturated rings. The number of rotatable bonds is 4. The van der Waals surface area contributed by atoms with E-state index in [-0.39, 0.29) is 5.56 Å². The minimum absolute atomic E-state index is 0.225. The van der Waals surface area contributed by atoms with Crippen LogP contribution in [0.15, 0.2) is 18.2 Å². The molecular weight excluding hydrogens is 266 g/mol. The number of hydrogen-bond acceptors (Lipinski definition) is 3. The average molecular weight is 284 g/mol. The van der Waals surface area contributed by atoms with Crippen LogP contribution >= 0.6 is 11.6 Å². The zero-order valence-corrected chi connectivity index (χ0v) is 11.7. The third kappa shape index (κ3) is 3.69. The molecule has 0 radical (unpaired) electrons. The van der Waals surface area contributed by atoms with Gasteiger partial charge in [0.05, 0.1) is 5.56 Å². The van der Waals surface area contributed by atoms with Gasteiger partial charge in [0.2, 0.25) is 0 Å². The number of carboxylic acids is 1. The lowest BCUT2D eigenvalue weighted by Crippen LogP contribution is -2.36. The van der Waals surface area contributed by atoms with Gasteiger partial charge in [0.1, 0.15) is 0 Å². The molecular formula is C14H18ClNO3. The highest BCUT2D eigenvalue weighted by Gasteiger charge is 2.19. The molecule has 5 heteroatoms. The van der Waals surface area contributed by atoms with Gasteiger partial charge in [0, 0.05) is 30.8 Å². The lowest BCUT2D eigenvalue weighted by atomic mass is 10.1. The first-order chi connectivity index (χ1) is 9.08. The summed E-state index contributed by atoms with van der Waals surface area (Å²) in [7, 11) is 2.07. The van der Waals surface area contributed by atoms with E-state index < -0.39 is 5.97 Å². The van der Waals surface area contributed by atoms with Crippen molar-refractivity contribution in [2.75, 3.05) is 20.3 Å². The van der Waals surface area contributed by atoms with Crippen molar-refractivity contribution in [3.8, 4) is 0 Å². The van der Waals surface area contributed by atoms with Crippen LogP contribution in [0.5, 0.6) is 0 Å². The van der Waals surface area contributed by atoms with Crippen molar-refractivity contribution in [1.29, 1.82) is 0 Å². The molecule has 1 aromatic rings. The molecule has 0 aliphatic carbocycles. The Bertz CT molecular complexity index is 458. The molecule has 1 aromatic carbocycles. The Balaban J connectivity index is 2.03. The second-order valence-electron chi connectivity index (χ2n) is 4.87. The van der Waals surface area contributed by atoms with Crippen LogP contribution in [0.3, 0.4) is 0 Å². The fraction of sp³-hybridized carbons (Fsp3) is 0.500. The molecule has 1 heterocycles. The van der Waals surface area contributed by atoms with E-state index in [0.29, 0.717) is 11.1 Å². The largest absolute Gasteiger partial charge is 0.478 e. The van der Waals surface area contributed by atoms with Crippen LogP contribution in [-0.4, -0.2) is 42.3 Å². The highest BCUT2D eigenvalue weighted by molar-refractivity contribution is 6.31. The standard InChI is InChI=1S/C14H18ClNO3/c1-16(12-4-6-19-7-5-12)9-11-3-2-10(14(17)18)8-13(11)15/h2-3,8,12H,4-7,9H2,1H3,(H,17,18). The zero-order valence-electron chi connectivity index (χ0n) is 10.9.